The zero-order valence-electron chi connectivity index (χ0n) is 18.5. The fraction of sp³-hybridized carbons (Fsp3) is 0.391. The molecule has 3 aromatic rings. The number of aliphatic hydroxyl groups excluding tert-OH is 1. The average Bonchev–Trinajstić information content (AvgIpc) is 3.10. The molecule has 1 aromatic heterocycles. The molecule has 2 heterocycles. The third-order valence-electron chi connectivity index (χ3n) is 5.84. The highest BCUT2D eigenvalue weighted by molar-refractivity contribution is 5.90. The van der Waals surface area contributed by atoms with Crippen LogP contribution >= 0.6 is 0 Å². The van der Waals surface area contributed by atoms with Gasteiger partial charge in [-0.05, 0) is 31.0 Å². The Morgan fingerprint density at radius 3 is 2.62 bits per heavy atom. The number of anilines is 1. The summed E-state index contributed by atoms with van der Waals surface area (Å²) in [5.41, 5.74) is 0.796. The molecule has 0 spiro atoms. The van der Waals surface area contributed by atoms with Gasteiger partial charge in [0, 0.05) is 44.7 Å². The van der Waals surface area contributed by atoms with Gasteiger partial charge in [-0.25, -0.2) is 18.0 Å². The summed E-state index contributed by atoms with van der Waals surface area (Å²) in [5, 5.41) is 12.8. The number of aromatic nitrogens is 2. The largest absolute Gasteiger partial charge is 0.489 e. The number of halogens is 3. The number of carbonyl (C=O) groups is 1. The Labute approximate surface area is 192 Å². The predicted molar refractivity (Wildman–Crippen MR) is 119 cm³/mol. The van der Waals surface area contributed by atoms with Crippen LogP contribution in [0.1, 0.15) is 25.8 Å². The van der Waals surface area contributed by atoms with Crippen LogP contribution in [0.15, 0.2) is 35.1 Å². The number of H-pyrrole nitrogens is 1. The van der Waals surface area contributed by atoms with E-state index in [0.29, 0.717) is 37.0 Å². The van der Waals surface area contributed by atoms with Gasteiger partial charge in [-0.15, -0.1) is 0 Å². The highest BCUT2D eigenvalue weighted by Crippen LogP contribution is 2.28. The number of amides is 1. The number of hydrogen-bond donors (Lipinski definition) is 3. The van der Waals surface area contributed by atoms with E-state index in [1.54, 1.807) is 10.6 Å². The van der Waals surface area contributed by atoms with Crippen molar-refractivity contribution in [2.75, 3.05) is 31.6 Å². The zero-order chi connectivity index (χ0) is 24.4. The molecule has 3 N–H and O–H groups in total. The molecular formula is C23H25F3N4O4. The first-order valence-corrected chi connectivity index (χ1v) is 10.9. The van der Waals surface area contributed by atoms with Crippen molar-refractivity contribution in [2.24, 2.45) is 0 Å². The number of benzene rings is 2. The van der Waals surface area contributed by atoms with Gasteiger partial charge in [0.25, 0.3) is 0 Å². The smallest absolute Gasteiger partial charge is 0.326 e. The summed E-state index contributed by atoms with van der Waals surface area (Å²) >= 11 is 0. The van der Waals surface area contributed by atoms with Crippen molar-refractivity contribution in [2.45, 2.75) is 31.9 Å². The van der Waals surface area contributed by atoms with Crippen molar-refractivity contribution in [1.29, 1.82) is 0 Å². The second kappa shape index (κ2) is 9.90. The van der Waals surface area contributed by atoms with E-state index in [-0.39, 0.29) is 36.3 Å². The number of aliphatic hydroxyl groups is 1. The van der Waals surface area contributed by atoms with Gasteiger partial charge >= 0.3 is 5.69 Å². The minimum Gasteiger partial charge on any atom is -0.489 e. The van der Waals surface area contributed by atoms with Crippen molar-refractivity contribution in [1.82, 2.24) is 14.5 Å². The van der Waals surface area contributed by atoms with E-state index in [4.69, 9.17) is 4.74 Å². The number of carbonyl (C=O) groups excluding carboxylic acids is 1. The molecule has 0 saturated carbocycles. The summed E-state index contributed by atoms with van der Waals surface area (Å²) in [4.78, 5) is 28.5. The summed E-state index contributed by atoms with van der Waals surface area (Å²) in [6.07, 6.45) is 0.333. The first-order chi connectivity index (χ1) is 16.2. The standard InChI is InChI=1S/C23H25F3N4O4/c1-13(31)27-20-9-17(25)18(26)10-22(20)34-12-16(32)11-29-6-4-15(5-7-29)30-21-8-14(24)2-3-19(21)28-23(30)33/h2-3,8-10,15-16,32H,4-7,11-12H2,1H3,(H,27,31)(H,28,33)/t16-/m0/s1. The number of aromatic amines is 1. The first kappa shape index (κ1) is 23.8. The molecule has 1 atom stereocenters. The Balaban J connectivity index is 1.34. The molecule has 34 heavy (non-hydrogen) atoms. The van der Waals surface area contributed by atoms with Crippen molar-refractivity contribution in [3.8, 4) is 5.75 Å². The predicted octanol–water partition coefficient (Wildman–Crippen LogP) is 2.78. The Morgan fingerprint density at radius 1 is 1.21 bits per heavy atom. The maximum Gasteiger partial charge on any atom is 0.326 e. The van der Waals surface area contributed by atoms with Crippen LogP contribution in [0.3, 0.4) is 0 Å². The number of imidazole rings is 1. The topological polar surface area (TPSA) is 99.6 Å². The third kappa shape index (κ3) is 5.26. The summed E-state index contributed by atoms with van der Waals surface area (Å²) < 4.78 is 47.8. The lowest BCUT2D eigenvalue weighted by Gasteiger charge is -2.33. The number of fused-ring (bicyclic) bond motifs is 1. The van der Waals surface area contributed by atoms with E-state index in [0.717, 1.165) is 12.1 Å². The Kier molecular flexibility index (Phi) is 6.94. The maximum atomic E-state index is 13.7. The molecule has 4 rings (SSSR count). The zero-order valence-corrected chi connectivity index (χ0v) is 18.5. The van der Waals surface area contributed by atoms with E-state index in [1.165, 1.54) is 19.1 Å². The molecule has 1 amide bonds. The summed E-state index contributed by atoms with van der Waals surface area (Å²) in [5.74, 6) is -3.23. The van der Waals surface area contributed by atoms with Crippen LogP contribution in [0.5, 0.6) is 5.75 Å². The summed E-state index contributed by atoms with van der Waals surface area (Å²) in [6.45, 7) is 2.49. The van der Waals surface area contributed by atoms with Gasteiger partial charge in [-0.1, -0.05) is 0 Å². The second-order valence-electron chi connectivity index (χ2n) is 8.40. The third-order valence-corrected chi connectivity index (χ3v) is 5.84. The summed E-state index contributed by atoms with van der Waals surface area (Å²) in [7, 11) is 0. The monoisotopic (exact) mass is 478 g/mol. The van der Waals surface area contributed by atoms with E-state index in [2.05, 4.69) is 10.3 Å². The van der Waals surface area contributed by atoms with Crippen LogP contribution < -0.4 is 15.7 Å². The molecule has 1 aliphatic heterocycles. The number of rotatable bonds is 7. The Bertz CT molecular complexity index is 1250. The Morgan fingerprint density at radius 2 is 1.91 bits per heavy atom. The molecule has 1 aliphatic rings. The van der Waals surface area contributed by atoms with Crippen molar-refractivity contribution < 1.29 is 27.8 Å². The average molecular weight is 478 g/mol. The molecule has 0 unspecified atom stereocenters. The van der Waals surface area contributed by atoms with E-state index in [9.17, 15) is 27.9 Å². The molecule has 1 saturated heterocycles. The molecule has 0 radical (unpaired) electrons. The molecule has 11 heteroatoms. The molecule has 182 valence electrons. The number of β-amino-alcohol motifs (C(OH)–C–C–N with tert-alkyl or cyclic N) is 1. The highest BCUT2D eigenvalue weighted by Gasteiger charge is 2.25. The number of ether oxygens (including phenoxy) is 1. The van der Waals surface area contributed by atoms with Crippen LogP contribution in [0.25, 0.3) is 11.0 Å². The minimum atomic E-state index is -1.13. The lowest BCUT2D eigenvalue weighted by molar-refractivity contribution is -0.114. The van der Waals surface area contributed by atoms with Gasteiger partial charge in [0.15, 0.2) is 11.6 Å². The maximum absolute atomic E-state index is 13.7. The van der Waals surface area contributed by atoms with Gasteiger partial charge in [0.1, 0.15) is 24.3 Å². The highest BCUT2D eigenvalue weighted by atomic mass is 19.2. The minimum absolute atomic E-state index is 0.0278. The fourth-order valence-electron chi connectivity index (χ4n) is 4.29. The molecule has 1 fully saturated rings. The van der Waals surface area contributed by atoms with E-state index in [1.807, 2.05) is 4.90 Å². The van der Waals surface area contributed by atoms with Gasteiger partial charge in [-0.3, -0.25) is 9.36 Å². The lowest BCUT2D eigenvalue weighted by Crippen LogP contribution is -2.42. The molecule has 8 nitrogen and oxygen atoms in total. The first-order valence-electron chi connectivity index (χ1n) is 10.9. The number of likely N-dealkylation sites (tertiary alicyclic amines) is 1. The van der Waals surface area contributed by atoms with Crippen molar-refractivity contribution in [3.05, 3.63) is 58.3 Å². The number of hydrogen-bond acceptors (Lipinski definition) is 5. The number of nitrogens with zero attached hydrogens (tertiary/aromatic N) is 2. The van der Waals surface area contributed by atoms with E-state index >= 15 is 0 Å². The number of nitrogens with one attached hydrogen (secondary N) is 2. The van der Waals surface area contributed by atoms with Crippen LogP contribution in [-0.4, -0.2) is 57.8 Å². The van der Waals surface area contributed by atoms with Gasteiger partial charge in [0.2, 0.25) is 5.91 Å². The molecule has 0 bridgehead atoms. The van der Waals surface area contributed by atoms with Gasteiger partial charge in [-0.2, -0.15) is 0 Å². The molecular weight excluding hydrogens is 453 g/mol. The Hall–Kier alpha value is -3.31. The van der Waals surface area contributed by atoms with Gasteiger partial charge < -0.3 is 25.0 Å². The van der Waals surface area contributed by atoms with Crippen LogP contribution in [0.4, 0.5) is 18.9 Å². The fourth-order valence-corrected chi connectivity index (χ4v) is 4.29. The SMILES string of the molecule is CC(=O)Nc1cc(F)c(F)cc1OC[C@@H](O)CN1CCC(n2c(=O)[nH]c3ccc(F)cc32)CC1. The van der Waals surface area contributed by atoms with Crippen LogP contribution in [0.2, 0.25) is 0 Å². The van der Waals surface area contributed by atoms with Crippen LogP contribution in [-0.2, 0) is 4.79 Å². The number of piperidine rings is 1. The lowest BCUT2D eigenvalue weighted by atomic mass is 10.0. The van der Waals surface area contributed by atoms with Crippen molar-refractivity contribution in [3.63, 3.8) is 0 Å². The normalized spacial score (nSPS) is 16.0. The molecule has 2 aromatic carbocycles. The van der Waals surface area contributed by atoms with Crippen molar-refractivity contribution >= 4 is 22.6 Å². The van der Waals surface area contributed by atoms with Crippen LogP contribution in [0, 0.1) is 17.5 Å². The summed E-state index contributed by atoms with van der Waals surface area (Å²) in [6, 6.07) is 5.72. The van der Waals surface area contributed by atoms with Gasteiger partial charge in [0.05, 0.1) is 16.7 Å². The van der Waals surface area contributed by atoms with E-state index < -0.39 is 29.5 Å². The second-order valence-corrected chi connectivity index (χ2v) is 8.40. The quantitative estimate of drug-likeness (QED) is 0.485. The molecule has 0 aliphatic carbocycles.